The number of H-pyrrole nitrogens is 1. The number of fused-ring (bicyclic) bond motifs is 1. The molecule has 0 aliphatic carbocycles. The summed E-state index contributed by atoms with van der Waals surface area (Å²) in [7, 11) is 0. The van der Waals surface area contributed by atoms with Gasteiger partial charge in [0.2, 0.25) is 5.91 Å². The number of hydrogen-bond acceptors (Lipinski definition) is 6. The van der Waals surface area contributed by atoms with Crippen molar-refractivity contribution >= 4 is 51.9 Å². The van der Waals surface area contributed by atoms with Gasteiger partial charge >= 0.3 is 6.09 Å². The van der Waals surface area contributed by atoms with Gasteiger partial charge < -0.3 is 19.4 Å². The smallest absolute Gasteiger partial charge is 0.410 e. The van der Waals surface area contributed by atoms with Crippen LogP contribution < -0.4 is 4.90 Å². The van der Waals surface area contributed by atoms with Crippen LogP contribution in [0.25, 0.3) is 11.0 Å². The van der Waals surface area contributed by atoms with Crippen LogP contribution in [0.3, 0.4) is 0 Å². The highest BCUT2D eigenvalue weighted by atomic mass is 35.5. The van der Waals surface area contributed by atoms with Gasteiger partial charge in [-0.2, -0.15) is 5.10 Å². The van der Waals surface area contributed by atoms with E-state index in [0.29, 0.717) is 48.4 Å². The van der Waals surface area contributed by atoms with Gasteiger partial charge in [0.15, 0.2) is 5.65 Å². The predicted molar refractivity (Wildman–Crippen MR) is 148 cm³/mol. The molecule has 2 amide bonds. The van der Waals surface area contributed by atoms with E-state index >= 15 is 0 Å². The van der Waals surface area contributed by atoms with Crippen molar-refractivity contribution in [3.63, 3.8) is 0 Å². The van der Waals surface area contributed by atoms with Crippen molar-refractivity contribution in [1.82, 2.24) is 25.0 Å². The van der Waals surface area contributed by atoms with Crippen LogP contribution in [0.15, 0.2) is 36.7 Å². The fraction of sp³-hybridized carbons (Fsp3) is 0.481. The number of anilines is 1. The maximum absolute atomic E-state index is 14.1. The Labute approximate surface area is 232 Å². The SMILES string of the molecule is CC(C)(C)OC(=O)N1CCCC1[C@@H](C(=O)N1CCN(c2c(Cl)cnc3[nH]ncc23)CC1)c1ccc(Cl)cc1. The molecule has 2 atom stereocenters. The zero-order valence-corrected chi connectivity index (χ0v) is 23.3. The number of carbonyl (C=O) groups excluding carboxylic acids is 2. The average molecular weight is 559 g/mol. The monoisotopic (exact) mass is 558 g/mol. The minimum absolute atomic E-state index is 0.00159. The van der Waals surface area contributed by atoms with Gasteiger partial charge in [-0.05, 0) is 51.3 Å². The van der Waals surface area contributed by atoms with Crippen LogP contribution in [-0.2, 0) is 9.53 Å². The Morgan fingerprint density at radius 2 is 1.76 bits per heavy atom. The molecule has 2 aliphatic heterocycles. The van der Waals surface area contributed by atoms with Crippen molar-refractivity contribution < 1.29 is 14.3 Å². The fourth-order valence-corrected chi connectivity index (χ4v) is 5.81. The highest BCUT2D eigenvalue weighted by Gasteiger charge is 2.43. The molecule has 0 radical (unpaired) electrons. The van der Waals surface area contributed by atoms with Gasteiger partial charge in [-0.1, -0.05) is 35.3 Å². The normalized spacial score (nSPS) is 19.2. The van der Waals surface area contributed by atoms with Gasteiger partial charge in [-0.3, -0.25) is 9.89 Å². The molecule has 2 aromatic heterocycles. The molecule has 1 unspecified atom stereocenters. The highest BCUT2D eigenvalue weighted by molar-refractivity contribution is 6.34. The molecule has 9 nitrogen and oxygen atoms in total. The van der Waals surface area contributed by atoms with Crippen molar-refractivity contribution in [2.75, 3.05) is 37.6 Å². The zero-order valence-electron chi connectivity index (χ0n) is 21.8. The van der Waals surface area contributed by atoms with E-state index in [1.165, 1.54) is 0 Å². The fourth-order valence-electron chi connectivity index (χ4n) is 5.42. The molecule has 4 heterocycles. The minimum Gasteiger partial charge on any atom is -0.444 e. The molecule has 2 saturated heterocycles. The molecule has 0 bridgehead atoms. The number of pyridine rings is 1. The first-order chi connectivity index (χ1) is 18.1. The Balaban J connectivity index is 1.38. The van der Waals surface area contributed by atoms with E-state index in [0.717, 1.165) is 29.5 Å². The van der Waals surface area contributed by atoms with Crippen LogP contribution in [0, 0.1) is 0 Å². The Hall–Kier alpha value is -3.04. The quantitative estimate of drug-likeness (QED) is 0.478. The van der Waals surface area contributed by atoms with E-state index < -0.39 is 11.5 Å². The van der Waals surface area contributed by atoms with E-state index in [2.05, 4.69) is 20.1 Å². The minimum atomic E-state index is -0.616. The third kappa shape index (κ3) is 5.40. The summed E-state index contributed by atoms with van der Waals surface area (Å²) in [4.78, 5) is 37.3. The number of aromatic amines is 1. The lowest BCUT2D eigenvalue weighted by atomic mass is 9.88. The number of likely N-dealkylation sites (tertiary alicyclic amines) is 1. The number of nitrogens with zero attached hydrogens (tertiary/aromatic N) is 5. The van der Waals surface area contributed by atoms with Crippen molar-refractivity contribution in [3.8, 4) is 0 Å². The predicted octanol–water partition coefficient (Wildman–Crippen LogP) is 5.10. The number of nitrogens with one attached hydrogen (secondary N) is 1. The second-order valence-electron chi connectivity index (χ2n) is 10.8. The number of amides is 2. The van der Waals surface area contributed by atoms with Crippen LogP contribution in [0.1, 0.15) is 45.1 Å². The van der Waals surface area contributed by atoms with Gasteiger partial charge in [-0.15, -0.1) is 0 Å². The Morgan fingerprint density at radius 3 is 2.45 bits per heavy atom. The standard InChI is InChI=1S/C27H32Cl2N6O3/c1-27(2,3)38-26(37)35-10-4-5-21(35)22(17-6-8-18(28)9-7-17)25(36)34-13-11-33(12-14-34)23-19-15-31-32-24(19)30-16-20(23)29/h6-9,15-16,21-22H,4-5,10-14H2,1-3H3,(H,30,31,32)/t21?,22-/m0/s1. The van der Waals surface area contributed by atoms with Crippen molar-refractivity contribution in [3.05, 3.63) is 52.3 Å². The lowest BCUT2D eigenvalue weighted by molar-refractivity contribution is -0.134. The first kappa shape index (κ1) is 26.6. The van der Waals surface area contributed by atoms with Gasteiger partial charge in [0.05, 0.1) is 40.4 Å². The number of carbonyl (C=O) groups is 2. The summed E-state index contributed by atoms with van der Waals surface area (Å²) in [6, 6.07) is 7.07. The summed E-state index contributed by atoms with van der Waals surface area (Å²) in [5, 5.41) is 9.00. The van der Waals surface area contributed by atoms with Crippen LogP contribution in [0.2, 0.25) is 10.0 Å². The molecular formula is C27H32Cl2N6O3. The molecule has 1 N–H and O–H groups in total. The van der Waals surface area contributed by atoms with Gasteiger partial charge in [0.1, 0.15) is 5.60 Å². The van der Waals surface area contributed by atoms with Crippen molar-refractivity contribution in [1.29, 1.82) is 0 Å². The van der Waals surface area contributed by atoms with Gasteiger partial charge in [0, 0.05) is 37.7 Å². The van der Waals surface area contributed by atoms with E-state index in [1.807, 2.05) is 37.8 Å². The van der Waals surface area contributed by atoms with Crippen LogP contribution >= 0.6 is 23.2 Å². The zero-order chi connectivity index (χ0) is 27.0. The second kappa shape index (κ2) is 10.6. The number of piperazine rings is 1. The molecule has 5 rings (SSSR count). The molecule has 202 valence electrons. The highest BCUT2D eigenvalue weighted by Crippen LogP contribution is 2.36. The maximum atomic E-state index is 14.1. The molecule has 0 saturated carbocycles. The number of aromatic nitrogens is 3. The summed E-state index contributed by atoms with van der Waals surface area (Å²) < 4.78 is 5.69. The van der Waals surface area contributed by atoms with E-state index in [9.17, 15) is 9.59 Å². The lowest BCUT2D eigenvalue weighted by Crippen LogP contribution is -2.53. The first-order valence-electron chi connectivity index (χ1n) is 12.9. The summed E-state index contributed by atoms with van der Waals surface area (Å²) in [5.74, 6) is -0.513. The summed E-state index contributed by atoms with van der Waals surface area (Å²) in [6.07, 6.45) is 4.51. The third-order valence-corrected chi connectivity index (χ3v) is 7.65. The molecule has 2 aliphatic rings. The molecular weight excluding hydrogens is 527 g/mol. The molecule has 3 aromatic rings. The van der Waals surface area contributed by atoms with Crippen LogP contribution in [0.4, 0.5) is 10.5 Å². The summed E-state index contributed by atoms with van der Waals surface area (Å²) in [5.41, 5.74) is 1.78. The van der Waals surface area contributed by atoms with E-state index in [1.54, 1.807) is 29.4 Å². The maximum Gasteiger partial charge on any atom is 0.410 e. The topological polar surface area (TPSA) is 94.7 Å². The van der Waals surface area contributed by atoms with Gasteiger partial charge in [0.25, 0.3) is 0 Å². The van der Waals surface area contributed by atoms with Crippen molar-refractivity contribution in [2.24, 2.45) is 0 Å². The third-order valence-electron chi connectivity index (χ3n) is 7.12. The number of rotatable bonds is 4. The Bertz CT molecular complexity index is 1310. The Kier molecular flexibility index (Phi) is 7.42. The molecule has 38 heavy (non-hydrogen) atoms. The van der Waals surface area contributed by atoms with Crippen LogP contribution in [0.5, 0.6) is 0 Å². The first-order valence-corrected chi connectivity index (χ1v) is 13.6. The van der Waals surface area contributed by atoms with E-state index in [4.69, 9.17) is 27.9 Å². The second-order valence-corrected chi connectivity index (χ2v) is 11.7. The number of halogens is 2. The molecule has 2 fully saturated rings. The molecule has 0 spiro atoms. The molecule has 1 aromatic carbocycles. The van der Waals surface area contributed by atoms with Crippen molar-refractivity contribution in [2.45, 2.75) is 51.2 Å². The number of ether oxygens (including phenoxy) is 1. The Morgan fingerprint density at radius 1 is 1.05 bits per heavy atom. The summed E-state index contributed by atoms with van der Waals surface area (Å²) >= 11 is 12.7. The molecule has 11 heteroatoms. The average Bonchev–Trinajstić information content (AvgIpc) is 3.54. The lowest BCUT2D eigenvalue weighted by Gasteiger charge is -2.40. The number of benzene rings is 1. The number of hydrogen-bond donors (Lipinski definition) is 1. The summed E-state index contributed by atoms with van der Waals surface area (Å²) in [6.45, 7) is 8.40. The largest absolute Gasteiger partial charge is 0.444 e. The van der Waals surface area contributed by atoms with Crippen LogP contribution in [-0.4, -0.2) is 81.3 Å². The van der Waals surface area contributed by atoms with E-state index in [-0.39, 0.29) is 18.0 Å². The van der Waals surface area contributed by atoms with Gasteiger partial charge in [-0.25, -0.2) is 9.78 Å².